The first-order chi connectivity index (χ1) is 39.0. The van der Waals surface area contributed by atoms with Gasteiger partial charge in [0, 0.05) is 56.7 Å². The lowest BCUT2D eigenvalue weighted by Gasteiger charge is -2.44. The van der Waals surface area contributed by atoms with Crippen molar-refractivity contribution in [2.45, 2.75) is 129 Å². The van der Waals surface area contributed by atoms with E-state index in [0.717, 1.165) is 36.1 Å². The second-order valence-corrected chi connectivity index (χ2v) is 29.5. The molecular weight excluding hydrogens is 1060 g/mol. The lowest BCUT2D eigenvalue weighted by atomic mass is 10.0. The maximum atomic E-state index is 14.7. The van der Waals surface area contributed by atoms with Gasteiger partial charge in [-0.15, -0.1) is 0 Å². The number of fused-ring (bicyclic) bond motifs is 4. The number of hydrogen-bond donors (Lipinski definition) is 0. The third-order valence-electron chi connectivity index (χ3n) is 16.8. The highest BCUT2D eigenvalue weighted by Gasteiger charge is 2.60. The molecule has 1 aliphatic carbocycles. The number of carbonyl (C=O) groups is 5. The maximum Gasteiger partial charge on any atom is 0.416 e. The number of piperazine rings is 1. The molecule has 6 aliphatic rings. The van der Waals surface area contributed by atoms with E-state index < -0.39 is 32.3 Å². The van der Waals surface area contributed by atoms with Crippen molar-refractivity contribution in [3.63, 3.8) is 0 Å². The Bertz CT molecular complexity index is 2960. The van der Waals surface area contributed by atoms with Crippen molar-refractivity contribution < 1.29 is 61.6 Å². The van der Waals surface area contributed by atoms with Gasteiger partial charge in [0.2, 0.25) is 0 Å². The van der Waals surface area contributed by atoms with E-state index in [1.165, 1.54) is 36.2 Å². The van der Waals surface area contributed by atoms with E-state index in [4.69, 9.17) is 37.6 Å². The smallest absolute Gasteiger partial charge is 0.416 e. The Morgan fingerprint density at radius 1 is 0.732 bits per heavy atom. The Labute approximate surface area is 483 Å². The Morgan fingerprint density at radius 3 is 1.88 bits per heavy atom. The molecule has 1 unspecified atom stereocenters. The summed E-state index contributed by atoms with van der Waals surface area (Å²) in [7, 11) is 0.496. The fraction of sp³-hybridized carbons (Fsp3) is 0.532. The van der Waals surface area contributed by atoms with Crippen molar-refractivity contribution in [3.05, 3.63) is 96.7 Å². The number of benzene rings is 3. The van der Waals surface area contributed by atoms with Gasteiger partial charge in [-0.1, -0.05) is 58.2 Å². The third kappa shape index (κ3) is 12.6. The number of carbonyl (C=O) groups excluding carboxylic acids is 5. The molecule has 5 amide bonds. The van der Waals surface area contributed by atoms with Crippen LogP contribution in [0, 0.1) is 5.41 Å². The Morgan fingerprint density at radius 2 is 1.32 bits per heavy atom. The number of ether oxygens (including phenoxy) is 7. The highest BCUT2D eigenvalue weighted by molar-refractivity contribution is 6.74. The van der Waals surface area contributed by atoms with E-state index in [2.05, 4.69) is 64.1 Å². The van der Waals surface area contributed by atoms with Crippen molar-refractivity contribution >= 4 is 61.0 Å². The molecule has 3 aromatic rings. The van der Waals surface area contributed by atoms with Gasteiger partial charge in [0.15, 0.2) is 37.5 Å². The first kappa shape index (κ1) is 59.4. The van der Waals surface area contributed by atoms with E-state index in [0.29, 0.717) is 98.3 Å². The summed E-state index contributed by atoms with van der Waals surface area (Å²) >= 11 is 0. The predicted molar refractivity (Wildman–Crippen MR) is 316 cm³/mol. The summed E-state index contributed by atoms with van der Waals surface area (Å²) in [5.41, 5.74) is 3.66. The SMILES string of the molecule is C=CCOC(=O)N1C[C@@H]2CC(c3ccc(N4CCN(C(=O)OC(C)(C)C)CC4)cc3)=CN2C(=O)c2cc(OC)c(OCCCCCOc3cc4c(cc3OC)C(=O)N3CC5(CC5)C[C@H]3C(O[Si](C)(C)C(C)(C)C)N4C(=O)OCC=C)cc21. The van der Waals surface area contributed by atoms with Crippen LogP contribution in [0.5, 0.6) is 23.0 Å². The molecular formula is C62H82N6O13Si. The van der Waals surface area contributed by atoms with Crippen LogP contribution in [-0.2, 0) is 18.6 Å². The van der Waals surface area contributed by atoms with Crippen LogP contribution in [0.15, 0.2) is 80.0 Å². The fourth-order valence-corrected chi connectivity index (χ4v) is 12.4. The number of nitrogens with zero attached hydrogens (tertiary/aromatic N) is 6. The monoisotopic (exact) mass is 1150 g/mol. The van der Waals surface area contributed by atoms with Gasteiger partial charge >= 0.3 is 18.3 Å². The van der Waals surface area contributed by atoms with Crippen molar-refractivity contribution in [2.24, 2.45) is 5.41 Å². The molecule has 82 heavy (non-hydrogen) atoms. The molecule has 0 bridgehead atoms. The van der Waals surface area contributed by atoms with Gasteiger partial charge in [0.25, 0.3) is 11.8 Å². The lowest BCUT2D eigenvalue weighted by Crippen LogP contribution is -2.58. The minimum absolute atomic E-state index is 0.0162. The molecule has 442 valence electrons. The summed E-state index contributed by atoms with van der Waals surface area (Å²) in [6.45, 7) is 27.6. The molecule has 9 rings (SSSR count). The van der Waals surface area contributed by atoms with Crippen molar-refractivity contribution in [2.75, 3.05) is 94.6 Å². The number of methoxy groups -OCH3 is 2. The van der Waals surface area contributed by atoms with Crippen LogP contribution in [0.1, 0.15) is 113 Å². The Balaban J connectivity index is 0.865. The van der Waals surface area contributed by atoms with Crippen LogP contribution in [-0.4, -0.2) is 157 Å². The first-order valence-electron chi connectivity index (χ1n) is 28.7. The molecule has 3 aromatic carbocycles. The van der Waals surface area contributed by atoms with Crippen LogP contribution in [0.3, 0.4) is 0 Å². The number of amides is 5. The molecule has 0 aromatic heterocycles. The second-order valence-electron chi connectivity index (χ2n) is 24.7. The van der Waals surface area contributed by atoms with E-state index in [-0.39, 0.29) is 79.0 Å². The molecule has 1 saturated carbocycles. The van der Waals surface area contributed by atoms with Gasteiger partial charge in [-0.2, -0.15) is 0 Å². The van der Waals surface area contributed by atoms with E-state index in [1.54, 1.807) is 34.1 Å². The number of unbranched alkanes of at least 4 members (excludes halogenated alkanes) is 2. The molecule has 3 fully saturated rings. The summed E-state index contributed by atoms with van der Waals surface area (Å²) in [6, 6.07) is 14.1. The molecule has 5 aliphatic heterocycles. The quantitative estimate of drug-likeness (QED) is 0.0508. The minimum Gasteiger partial charge on any atom is -0.493 e. The molecule has 2 saturated heterocycles. The van der Waals surface area contributed by atoms with Crippen molar-refractivity contribution in [1.29, 1.82) is 0 Å². The van der Waals surface area contributed by atoms with Crippen LogP contribution in [0.2, 0.25) is 18.1 Å². The highest BCUT2D eigenvalue weighted by atomic mass is 28.4. The van der Waals surface area contributed by atoms with Crippen molar-refractivity contribution in [1.82, 2.24) is 14.7 Å². The zero-order chi connectivity index (χ0) is 58.9. The third-order valence-corrected chi connectivity index (χ3v) is 21.3. The molecule has 20 heteroatoms. The van der Waals surface area contributed by atoms with Crippen LogP contribution < -0.4 is 33.6 Å². The maximum absolute atomic E-state index is 14.7. The number of hydrogen-bond acceptors (Lipinski definition) is 14. The van der Waals surface area contributed by atoms with Gasteiger partial charge < -0.3 is 57.2 Å². The average molecular weight is 1150 g/mol. The number of anilines is 3. The minimum atomic E-state index is -2.54. The summed E-state index contributed by atoms with van der Waals surface area (Å²) < 4.78 is 48.6. The fourth-order valence-electron chi connectivity index (χ4n) is 11.2. The van der Waals surface area contributed by atoms with E-state index in [9.17, 15) is 24.0 Å². The van der Waals surface area contributed by atoms with E-state index in [1.807, 2.05) is 44.0 Å². The van der Waals surface area contributed by atoms with Gasteiger partial charge in [-0.25, -0.2) is 19.3 Å². The van der Waals surface area contributed by atoms with Gasteiger partial charge in [-0.05, 0) is 125 Å². The van der Waals surface area contributed by atoms with Crippen LogP contribution >= 0.6 is 0 Å². The molecule has 1 spiro atoms. The lowest BCUT2D eigenvalue weighted by molar-refractivity contribution is 0.0240. The normalized spacial score (nSPS) is 20.2. The highest BCUT2D eigenvalue weighted by Crippen LogP contribution is 2.58. The zero-order valence-electron chi connectivity index (χ0n) is 49.5. The first-order valence-corrected chi connectivity index (χ1v) is 31.6. The Kier molecular flexibility index (Phi) is 17.4. The van der Waals surface area contributed by atoms with Gasteiger partial charge in [0.05, 0.1) is 68.6 Å². The van der Waals surface area contributed by atoms with Crippen LogP contribution in [0.4, 0.5) is 31.4 Å². The molecule has 0 radical (unpaired) electrons. The molecule has 5 heterocycles. The Hall–Kier alpha value is -7.19. The average Bonchev–Trinajstić information content (AvgIpc) is 2.05. The molecule has 3 atom stereocenters. The molecule has 0 N–H and O–H groups in total. The van der Waals surface area contributed by atoms with E-state index >= 15 is 0 Å². The summed E-state index contributed by atoms with van der Waals surface area (Å²) in [5.74, 6) is 0.943. The summed E-state index contributed by atoms with van der Waals surface area (Å²) in [4.78, 5) is 80.8. The predicted octanol–water partition coefficient (Wildman–Crippen LogP) is 11.3. The summed E-state index contributed by atoms with van der Waals surface area (Å²) in [6.07, 6.45) is 7.72. The van der Waals surface area contributed by atoms with Crippen LogP contribution in [0.25, 0.3) is 5.57 Å². The topological polar surface area (TPSA) is 179 Å². The summed E-state index contributed by atoms with van der Waals surface area (Å²) in [5, 5.41) is -0.191. The van der Waals surface area contributed by atoms with Crippen molar-refractivity contribution in [3.8, 4) is 23.0 Å². The second kappa shape index (κ2) is 24.0. The molecule has 19 nitrogen and oxygen atoms in total. The standard InChI is InChI=1S/C62H82N6O13Si/c1-13-28-78-58(72)66-39-44-32-42(41-18-20-43(21-19-41)63-24-26-64(27-25-63)57(71)80-60(3,4)5)38-65(44)54(69)45-33-50(74-9)52(35-47(45)66)76-30-16-15-17-31-77-53-36-48-46(34-51(53)75-10)55(70)67-40-62(22-23-62)37-49(67)56(68(48)59(73)79-29-14-2)81-82(11,12)61(6,7)8/h13-14,18-21,33-36,38,44,49,56H,1-2,15-17,22-32,37,39-40H2,3-12H3/t44-,49-,56?/m0/s1. The van der Waals surface area contributed by atoms with Gasteiger partial charge in [0.1, 0.15) is 18.8 Å². The number of rotatable bonds is 18. The zero-order valence-corrected chi connectivity index (χ0v) is 50.5. The van der Waals surface area contributed by atoms with Gasteiger partial charge in [-0.3, -0.25) is 14.5 Å². The largest absolute Gasteiger partial charge is 0.493 e.